The van der Waals surface area contributed by atoms with Gasteiger partial charge in [-0.3, -0.25) is 19.2 Å². The summed E-state index contributed by atoms with van der Waals surface area (Å²) < 4.78 is 10.1. The van der Waals surface area contributed by atoms with E-state index in [-0.39, 0.29) is 82.5 Å². The zero-order valence-electron chi connectivity index (χ0n) is 41.6. The molecular formula is C49H64N4O14S9. The van der Waals surface area contributed by atoms with E-state index in [1.54, 1.807) is 64.4 Å². The molecule has 9 unspecified atom stereocenters. The second-order valence-corrected chi connectivity index (χ2v) is 24.2. The maximum atomic E-state index is 12.3. The van der Waals surface area contributed by atoms with Gasteiger partial charge in [-0.2, -0.15) is 50.5 Å². The number of carbonyl (C=O) groups excluding carboxylic acids is 5. The predicted octanol–water partition coefficient (Wildman–Crippen LogP) is 7.81. The number of aromatic hydroxyl groups is 1. The van der Waals surface area contributed by atoms with Gasteiger partial charge in [-0.25, -0.2) is 19.2 Å². The molecular weight excluding hydrogens is 1160 g/mol. The monoisotopic (exact) mass is 1220 g/mol. The summed E-state index contributed by atoms with van der Waals surface area (Å²) in [6.07, 6.45) is 6.19. The molecule has 0 bridgehead atoms. The number of phenols is 1. The number of rotatable bonds is 19. The first-order chi connectivity index (χ1) is 36.4. The highest BCUT2D eigenvalue weighted by Gasteiger charge is 2.46. The van der Waals surface area contributed by atoms with E-state index in [1.807, 2.05) is 23.6 Å². The summed E-state index contributed by atoms with van der Waals surface area (Å²) in [6.45, 7) is 5.76. The van der Waals surface area contributed by atoms with Crippen LogP contribution in [0.5, 0.6) is 5.75 Å². The molecule has 1 aromatic carbocycles. The molecule has 9 atom stereocenters. The number of carbonyl (C=O) groups is 8. The van der Waals surface area contributed by atoms with Gasteiger partial charge in [0.15, 0.2) is 0 Å². The number of ether oxygens (including phenoxy) is 1. The quantitative estimate of drug-likeness (QED) is 0.0324. The first-order valence-corrected chi connectivity index (χ1v) is 31.4. The number of thiophene rings is 1. The van der Waals surface area contributed by atoms with Crippen molar-refractivity contribution in [2.75, 3.05) is 53.1 Å². The van der Waals surface area contributed by atoms with Gasteiger partial charge < -0.3 is 49.2 Å². The number of thioether (sulfide) groups is 4. The molecule has 3 aromatic rings. The van der Waals surface area contributed by atoms with Crippen molar-refractivity contribution in [3.05, 3.63) is 89.0 Å². The van der Waals surface area contributed by atoms with Crippen molar-refractivity contribution in [3.63, 3.8) is 0 Å². The van der Waals surface area contributed by atoms with E-state index >= 15 is 0 Å². The number of thiol groups is 4. The Balaban J connectivity index is 0.000000219. The van der Waals surface area contributed by atoms with Crippen LogP contribution in [-0.4, -0.2) is 170 Å². The van der Waals surface area contributed by atoms with Crippen molar-refractivity contribution >= 4 is 156 Å². The number of carboxylic acids is 3. The van der Waals surface area contributed by atoms with Gasteiger partial charge in [-0.15, -0.1) is 65.0 Å². The topological polar surface area (TPSA) is 253 Å². The first kappa shape index (κ1) is 64.8. The van der Waals surface area contributed by atoms with Crippen molar-refractivity contribution in [3.8, 4) is 5.75 Å². The van der Waals surface area contributed by atoms with Crippen LogP contribution >= 0.6 is 109 Å². The Morgan fingerprint density at radius 2 is 1.13 bits per heavy atom. The molecule has 4 N–H and O–H groups in total. The van der Waals surface area contributed by atoms with E-state index < -0.39 is 48.0 Å². The molecule has 0 saturated carbocycles. The molecule has 418 valence electrons. The number of allylic oxidation sites excluding steroid dienone is 1. The number of phenolic OH excluding ortho intramolecular Hbond substituents is 1. The molecule has 2 aromatic heterocycles. The van der Waals surface area contributed by atoms with Gasteiger partial charge in [-0.1, -0.05) is 37.3 Å². The van der Waals surface area contributed by atoms with Crippen LogP contribution < -0.4 is 0 Å². The summed E-state index contributed by atoms with van der Waals surface area (Å²) in [5.74, 6) is 0.505. The number of esters is 1. The minimum absolute atomic E-state index is 0.0477. The summed E-state index contributed by atoms with van der Waals surface area (Å²) in [5, 5.41) is 38.6. The van der Waals surface area contributed by atoms with Gasteiger partial charge in [0.2, 0.25) is 23.6 Å². The minimum atomic E-state index is -0.982. The fourth-order valence-electron chi connectivity index (χ4n) is 8.26. The van der Waals surface area contributed by atoms with Gasteiger partial charge >= 0.3 is 23.9 Å². The molecule has 0 radical (unpaired) electrons. The Bertz CT molecular complexity index is 2320. The third-order valence-corrected chi connectivity index (χ3v) is 19.3. The average Bonchev–Trinajstić information content (AvgIpc) is 4.25. The van der Waals surface area contributed by atoms with Crippen molar-refractivity contribution in [2.24, 2.45) is 5.92 Å². The zero-order valence-corrected chi connectivity index (χ0v) is 49.3. The number of methoxy groups -OCH3 is 1. The molecule has 4 saturated heterocycles. The Morgan fingerprint density at radius 1 is 0.658 bits per heavy atom. The van der Waals surface area contributed by atoms with Gasteiger partial charge in [-0.05, 0) is 71.4 Å². The van der Waals surface area contributed by atoms with Gasteiger partial charge in [0.05, 0.1) is 18.7 Å². The Kier molecular flexibility index (Phi) is 28.2. The van der Waals surface area contributed by atoms with Crippen molar-refractivity contribution < 1.29 is 67.9 Å². The van der Waals surface area contributed by atoms with Crippen LogP contribution in [0.25, 0.3) is 0 Å². The number of furan rings is 1. The lowest BCUT2D eigenvalue weighted by atomic mass is 10.0. The molecule has 18 nitrogen and oxygen atoms in total. The van der Waals surface area contributed by atoms with Crippen molar-refractivity contribution in [1.82, 2.24) is 19.6 Å². The molecule has 4 fully saturated rings. The zero-order chi connectivity index (χ0) is 56.1. The van der Waals surface area contributed by atoms with Crippen LogP contribution in [0.3, 0.4) is 0 Å². The number of para-hydroxylation sites is 1. The van der Waals surface area contributed by atoms with Gasteiger partial charge in [0, 0.05) is 59.1 Å². The number of nitrogens with zero attached hydrogens (tertiary/aromatic N) is 4. The highest BCUT2D eigenvalue weighted by atomic mass is 32.2. The lowest BCUT2D eigenvalue weighted by Crippen LogP contribution is -2.47. The Hall–Kier alpha value is -3.70. The van der Waals surface area contributed by atoms with Gasteiger partial charge in [0.1, 0.15) is 51.8 Å². The summed E-state index contributed by atoms with van der Waals surface area (Å²) in [6, 6.07) is 11.3. The van der Waals surface area contributed by atoms with E-state index in [2.05, 4.69) is 64.0 Å². The van der Waals surface area contributed by atoms with Crippen LogP contribution in [0, 0.1) is 5.92 Å². The highest BCUT2D eigenvalue weighted by Crippen LogP contribution is 2.46. The number of benzene rings is 1. The number of aliphatic carboxylic acids is 3. The van der Waals surface area contributed by atoms with E-state index in [0.717, 1.165) is 17.7 Å². The Labute approximate surface area is 485 Å². The standard InChI is InChI=1S/C14H17NO4S2.C13H21NO3S2.C11H13NO4S2.C11H13NO3S3/c1-19-14(18)10-8-21-13(15(10)12(17)6-7-20)9-4-2-3-5-11(9)16;1-3-4-5-9(2)12-14(11(15)6-7-18)10(8-19-12)13(16)17;13-9(3-5-17)12-7(11(14)15)6-18-10(12)8-2-1-4-16-8;13-9(3-4-16)12-7(11(14)15)6-18-10(12)8-2-1-5-17-8/h2-5,10,13,16,20H,6-8H2,1H3;3,9-10,12,18H,1,4-8H2,2H3,(H,16,17);1-2,4,7,10,17H,3,5-6H2,(H,14,15);1-2,5,7,10,16H,3-4,6H2,(H,14,15). The number of hydrogen-bond donors (Lipinski definition) is 8. The van der Waals surface area contributed by atoms with Crippen molar-refractivity contribution in [2.45, 2.75) is 91.1 Å². The first-order valence-electron chi connectivity index (χ1n) is 23.8. The lowest BCUT2D eigenvalue weighted by Gasteiger charge is -2.31. The second-order valence-electron chi connectivity index (χ2n) is 16.9. The van der Waals surface area contributed by atoms with E-state index in [4.69, 9.17) is 14.3 Å². The van der Waals surface area contributed by atoms with E-state index in [0.29, 0.717) is 57.3 Å². The van der Waals surface area contributed by atoms with Crippen LogP contribution in [0.1, 0.15) is 77.8 Å². The molecule has 4 aliphatic rings. The second kappa shape index (κ2) is 33.0. The number of amides is 4. The maximum Gasteiger partial charge on any atom is 0.329 e. The molecule has 27 heteroatoms. The van der Waals surface area contributed by atoms with E-state index in [1.165, 1.54) is 63.4 Å². The Morgan fingerprint density at radius 3 is 1.61 bits per heavy atom. The lowest BCUT2D eigenvalue weighted by molar-refractivity contribution is -0.151. The highest BCUT2D eigenvalue weighted by molar-refractivity contribution is 8.00. The SMILES string of the molecule is C=CCCC(C)C1SCC(C(=O)O)N1C(=O)CCS.COC(=O)C1CSC(c2ccccc2O)N1C(=O)CCS.O=C(O)C1CSC(c2ccco2)N1C(=O)CCS.O=C(O)C1CSC(c2cccs2)N1C(=O)CCS. The van der Waals surface area contributed by atoms with Crippen LogP contribution in [0.15, 0.2) is 77.2 Å². The molecule has 7 rings (SSSR count). The fourth-order valence-corrected chi connectivity index (χ4v) is 15.9. The molecule has 6 heterocycles. The third kappa shape index (κ3) is 17.4. The summed E-state index contributed by atoms with van der Waals surface area (Å²) in [5.41, 5.74) is 0.626. The molecule has 4 amide bonds. The fraction of sp³-hybridized carbons (Fsp3) is 0.510. The third-order valence-electron chi connectivity index (χ3n) is 11.9. The molecule has 76 heavy (non-hydrogen) atoms. The molecule has 0 spiro atoms. The number of hydrogen-bond acceptors (Lipinski definition) is 20. The predicted molar refractivity (Wildman–Crippen MR) is 313 cm³/mol. The van der Waals surface area contributed by atoms with Crippen molar-refractivity contribution in [1.29, 1.82) is 0 Å². The summed E-state index contributed by atoms with van der Waals surface area (Å²) >= 11 is 23.7. The average molecular weight is 1220 g/mol. The summed E-state index contributed by atoms with van der Waals surface area (Å²) in [4.78, 5) is 101. The molecule has 4 aliphatic heterocycles. The van der Waals surface area contributed by atoms with Crippen LogP contribution in [-0.2, 0) is 43.1 Å². The molecule has 0 aliphatic carbocycles. The van der Waals surface area contributed by atoms with Crippen LogP contribution in [0.2, 0.25) is 0 Å². The smallest absolute Gasteiger partial charge is 0.329 e. The van der Waals surface area contributed by atoms with E-state index in [9.17, 15) is 53.7 Å². The largest absolute Gasteiger partial charge is 0.508 e. The number of carboxylic acid groups (broad SMARTS) is 3. The normalized spacial score (nSPS) is 23.0. The van der Waals surface area contributed by atoms with Gasteiger partial charge in [0.25, 0.3) is 0 Å². The van der Waals surface area contributed by atoms with Crippen LogP contribution in [0.4, 0.5) is 0 Å². The summed E-state index contributed by atoms with van der Waals surface area (Å²) in [7, 11) is 1.31. The maximum absolute atomic E-state index is 12.3. The minimum Gasteiger partial charge on any atom is -0.508 e.